The van der Waals surface area contributed by atoms with Crippen molar-refractivity contribution in [2.45, 2.75) is 59.9 Å². The number of carbonyl (C=O) groups excluding carboxylic acids is 3. The Labute approximate surface area is 217 Å². The molecule has 10 heteroatoms. The molecule has 3 saturated heterocycles. The van der Waals surface area contributed by atoms with Crippen molar-refractivity contribution in [1.82, 2.24) is 10.2 Å². The lowest BCUT2D eigenvalue weighted by molar-refractivity contribution is -0.139. The lowest BCUT2D eigenvalue weighted by atomic mass is 9.70. The molecule has 0 radical (unpaired) electrons. The van der Waals surface area contributed by atoms with Crippen LogP contribution in [0.3, 0.4) is 0 Å². The summed E-state index contributed by atoms with van der Waals surface area (Å²) in [7, 11) is 0. The lowest BCUT2D eigenvalue weighted by Gasteiger charge is -2.35. The van der Waals surface area contributed by atoms with Gasteiger partial charge in [-0.25, -0.2) is 0 Å². The summed E-state index contributed by atoms with van der Waals surface area (Å²) in [6.45, 7) is 3.07. The third-order valence-corrected chi connectivity index (χ3v) is 10.6. The van der Waals surface area contributed by atoms with E-state index in [1.165, 1.54) is 0 Å². The number of likely N-dealkylation sites (tertiary alicyclic amines) is 1. The predicted octanol–water partition coefficient (Wildman–Crippen LogP) is 3.43. The number of amides is 3. The van der Waals surface area contributed by atoms with Gasteiger partial charge >= 0.3 is 0 Å². The summed E-state index contributed by atoms with van der Waals surface area (Å²) in [5.74, 6) is -1.49. The average molecular weight is 573 g/mol. The standard InChI is InChI=1S/C24H31BrClN3O4S/c1-2-10-27-21(31)17-18-23(33)29(11-6-3-7-12-30)20(24(18)13-14(25)19(17)34-24)22(32)28-16-9-5-4-8-15(16)26/h4-5,8-9,14,17-20,30H,2-3,6-7,10-13H2,1H3,(H,27,31)(H,28,32)/t14?,17-,18+,19-,20?,24?/m1/s1. The van der Waals surface area contributed by atoms with E-state index < -0.39 is 22.6 Å². The maximum absolute atomic E-state index is 13.8. The Bertz CT molecular complexity index is 953. The molecule has 3 N–H and O–H groups in total. The zero-order valence-electron chi connectivity index (χ0n) is 19.1. The van der Waals surface area contributed by atoms with Crippen LogP contribution in [0.15, 0.2) is 24.3 Å². The second-order valence-corrected chi connectivity index (χ2v) is 12.4. The topological polar surface area (TPSA) is 98.7 Å². The average Bonchev–Trinajstić information content (AvgIpc) is 3.40. The maximum Gasteiger partial charge on any atom is 0.248 e. The van der Waals surface area contributed by atoms with Crippen molar-refractivity contribution < 1.29 is 19.5 Å². The Kier molecular flexibility index (Phi) is 8.17. The number of unbranched alkanes of at least 4 members (excludes halogenated alkanes) is 2. The molecular formula is C24H31BrClN3O4S. The molecule has 7 nitrogen and oxygen atoms in total. The molecule has 4 rings (SSSR count). The smallest absolute Gasteiger partial charge is 0.248 e. The number of halogens is 2. The van der Waals surface area contributed by atoms with Gasteiger partial charge in [-0.1, -0.05) is 46.6 Å². The van der Waals surface area contributed by atoms with Gasteiger partial charge in [-0.15, -0.1) is 11.8 Å². The number of thioether (sulfide) groups is 1. The fraction of sp³-hybridized carbons (Fsp3) is 0.625. The SMILES string of the molecule is CCCNC(=O)[C@H]1[C@@H]2SC3(CC2Br)C(C(=O)Nc2ccccc2Cl)N(CCCCCO)C(=O)[C@H]13. The lowest BCUT2D eigenvalue weighted by Crippen LogP contribution is -2.53. The number of aliphatic hydroxyl groups is 1. The summed E-state index contributed by atoms with van der Waals surface area (Å²) in [6, 6.07) is 6.35. The van der Waals surface area contributed by atoms with Gasteiger partial charge in [0.25, 0.3) is 0 Å². The van der Waals surface area contributed by atoms with Gasteiger partial charge in [0.2, 0.25) is 17.7 Å². The molecule has 0 aliphatic carbocycles. The van der Waals surface area contributed by atoms with Crippen LogP contribution in [-0.2, 0) is 14.4 Å². The highest BCUT2D eigenvalue weighted by Gasteiger charge is 2.75. The molecule has 3 aliphatic heterocycles. The van der Waals surface area contributed by atoms with Gasteiger partial charge in [0.05, 0.1) is 27.3 Å². The molecule has 186 valence electrons. The molecule has 0 saturated carbocycles. The van der Waals surface area contributed by atoms with Gasteiger partial charge in [0, 0.05) is 29.8 Å². The molecule has 3 unspecified atom stereocenters. The first-order valence-corrected chi connectivity index (χ1v) is 14.1. The Hall–Kier alpha value is -1.29. The molecule has 34 heavy (non-hydrogen) atoms. The van der Waals surface area contributed by atoms with Crippen molar-refractivity contribution in [2.75, 3.05) is 25.0 Å². The molecule has 6 atom stereocenters. The van der Waals surface area contributed by atoms with Crippen molar-refractivity contribution in [3.63, 3.8) is 0 Å². The van der Waals surface area contributed by atoms with Crippen LogP contribution in [0.1, 0.15) is 39.0 Å². The number of para-hydroxylation sites is 1. The molecule has 3 heterocycles. The number of hydrogen-bond acceptors (Lipinski definition) is 5. The van der Waals surface area contributed by atoms with Crippen LogP contribution >= 0.6 is 39.3 Å². The van der Waals surface area contributed by atoms with Crippen LogP contribution in [0.5, 0.6) is 0 Å². The normalized spacial score (nSPS) is 31.6. The van der Waals surface area contributed by atoms with Gasteiger partial charge in [0.15, 0.2) is 0 Å². The minimum Gasteiger partial charge on any atom is -0.396 e. The van der Waals surface area contributed by atoms with Gasteiger partial charge in [0.1, 0.15) is 6.04 Å². The second kappa shape index (κ2) is 10.8. The van der Waals surface area contributed by atoms with Crippen molar-refractivity contribution in [3.05, 3.63) is 29.3 Å². The molecule has 3 amide bonds. The van der Waals surface area contributed by atoms with E-state index in [4.69, 9.17) is 16.7 Å². The van der Waals surface area contributed by atoms with Crippen LogP contribution in [0.4, 0.5) is 5.69 Å². The fourth-order valence-electron chi connectivity index (χ4n) is 5.67. The van der Waals surface area contributed by atoms with E-state index in [0.717, 1.165) is 12.8 Å². The summed E-state index contributed by atoms with van der Waals surface area (Å²) in [6.07, 6.45) is 3.55. The van der Waals surface area contributed by atoms with Crippen molar-refractivity contribution in [3.8, 4) is 0 Å². The molecular weight excluding hydrogens is 542 g/mol. The Morgan fingerprint density at radius 1 is 1.26 bits per heavy atom. The molecule has 2 bridgehead atoms. The summed E-state index contributed by atoms with van der Waals surface area (Å²) >= 11 is 11.7. The van der Waals surface area contributed by atoms with E-state index >= 15 is 0 Å². The Morgan fingerprint density at radius 3 is 2.74 bits per heavy atom. The van der Waals surface area contributed by atoms with Crippen LogP contribution in [0.2, 0.25) is 5.02 Å². The largest absolute Gasteiger partial charge is 0.396 e. The van der Waals surface area contributed by atoms with E-state index in [1.807, 2.05) is 6.92 Å². The van der Waals surface area contributed by atoms with Gasteiger partial charge < -0.3 is 20.6 Å². The number of anilines is 1. The van der Waals surface area contributed by atoms with E-state index in [0.29, 0.717) is 43.1 Å². The fourth-order valence-corrected chi connectivity index (χ4v) is 9.47. The van der Waals surface area contributed by atoms with E-state index in [1.54, 1.807) is 40.9 Å². The van der Waals surface area contributed by atoms with Crippen LogP contribution in [-0.4, -0.2) is 68.3 Å². The van der Waals surface area contributed by atoms with Crippen LogP contribution < -0.4 is 10.6 Å². The first-order valence-electron chi connectivity index (χ1n) is 11.9. The summed E-state index contributed by atoms with van der Waals surface area (Å²) in [5, 5.41) is 15.5. The quantitative estimate of drug-likeness (QED) is 0.295. The third-order valence-electron chi connectivity index (χ3n) is 7.08. The number of hydrogen-bond donors (Lipinski definition) is 3. The minimum atomic E-state index is -0.700. The summed E-state index contributed by atoms with van der Waals surface area (Å²) < 4.78 is -0.674. The zero-order valence-corrected chi connectivity index (χ0v) is 22.3. The number of nitrogens with zero attached hydrogens (tertiary/aromatic N) is 1. The van der Waals surface area contributed by atoms with Crippen molar-refractivity contribution >= 4 is 62.7 Å². The maximum atomic E-state index is 13.8. The highest BCUT2D eigenvalue weighted by molar-refractivity contribution is 9.09. The highest BCUT2D eigenvalue weighted by Crippen LogP contribution is 2.67. The molecule has 0 aromatic heterocycles. The van der Waals surface area contributed by atoms with E-state index in [-0.39, 0.29) is 34.4 Å². The highest BCUT2D eigenvalue weighted by atomic mass is 79.9. The third kappa shape index (κ3) is 4.49. The second-order valence-electron chi connectivity index (χ2n) is 9.24. The van der Waals surface area contributed by atoms with Crippen molar-refractivity contribution in [2.24, 2.45) is 11.8 Å². The predicted molar refractivity (Wildman–Crippen MR) is 138 cm³/mol. The van der Waals surface area contributed by atoms with E-state index in [2.05, 4.69) is 26.6 Å². The van der Waals surface area contributed by atoms with Crippen LogP contribution in [0, 0.1) is 11.8 Å². The zero-order chi connectivity index (χ0) is 24.5. The van der Waals surface area contributed by atoms with Gasteiger partial charge in [-0.05, 0) is 44.2 Å². The summed E-state index contributed by atoms with van der Waals surface area (Å²) in [4.78, 5) is 42.5. The van der Waals surface area contributed by atoms with Crippen molar-refractivity contribution in [1.29, 1.82) is 0 Å². The monoisotopic (exact) mass is 571 g/mol. The number of nitrogens with one attached hydrogen (secondary N) is 2. The first kappa shape index (κ1) is 25.8. The Morgan fingerprint density at radius 2 is 2.03 bits per heavy atom. The van der Waals surface area contributed by atoms with Gasteiger partial charge in [-0.3, -0.25) is 14.4 Å². The molecule has 1 spiro atoms. The number of alkyl halides is 1. The minimum absolute atomic E-state index is 0.0453. The van der Waals surface area contributed by atoms with Gasteiger partial charge in [-0.2, -0.15) is 0 Å². The molecule has 3 fully saturated rings. The number of fused-ring (bicyclic) bond motifs is 1. The number of rotatable bonds is 10. The summed E-state index contributed by atoms with van der Waals surface area (Å²) in [5.41, 5.74) is 0.506. The van der Waals surface area contributed by atoms with E-state index in [9.17, 15) is 14.4 Å². The number of carbonyl (C=O) groups is 3. The molecule has 3 aliphatic rings. The first-order chi connectivity index (χ1) is 16.4. The molecule has 1 aromatic carbocycles. The van der Waals surface area contributed by atoms with Crippen LogP contribution in [0.25, 0.3) is 0 Å². The number of aliphatic hydroxyl groups excluding tert-OH is 1. The number of benzene rings is 1. The molecule has 1 aromatic rings. The Balaban J connectivity index is 1.67.